The number of carbonyl (C=O) groups excluding carboxylic acids is 1. The Morgan fingerprint density at radius 1 is 0.903 bits per heavy atom. The van der Waals surface area contributed by atoms with Gasteiger partial charge in [-0.3, -0.25) is 9.78 Å². The topological polar surface area (TPSA) is 51.2 Å². The molecule has 31 heavy (non-hydrogen) atoms. The maximum Gasteiger partial charge on any atom is 0.195 e. The summed E-state index contributed by atoms with van der Waals surface area (Å²) in [5.41, 5.74) is 5.22. The van der Waals surface area contributed by atoms with Gasteiger partial charge >= 0.3 is 0 Å². The van der Waals surface area contributed by atoms with Gasteiger partial charge in [-0.1, -0.05) is 36.4 Å². The Labute approximate surface area is 183 Å². The Kier molecular flexibility index (Phi) is 5.63. The lowest BCUT2D eigenvalue weighted by Gasteiger charge is -2.22. The summed E-state index contributed by atoms with van der Waals surface area (Å²) in [6, 6.07) is 19.9. The SMILES string of the molecule is O=C1C(c2cccnc2)=C(c2ccccc2)c2ccc(OCCC3CCNCC3)cc21. The van der Waals surface area contributed by atoms with Gasteiger partial charge < -0.3 is 10.1 Å². The highest BCUT2D eigenvalue weighted by Crippen LogP contribution is 2.43. The molecule has 0 unspecified atom stereocenters. The van der Waals surface area contributed by atoms with E-state index in [1.54, 1.807) is 12.4 Å². The molecule has 0 atom stereocenters. The van der Waals surface area contributed by atoms with E-state index in [0.29, 0.717) is 17.7 Å². The van der Waals surface area contributed by atoms with E-state index < -0.39 is 0 Å². The number of ether oxygens (including phenoxy) is 1. The van der Waals surface area contributed by atoms with Crippen LogP contribution in [0.5, 0.6) is 5.75 Å². The summed E-state index contributed by atoms with van der Waals surface area (Å²) < 4.78 is 6.06. The van der Waals surface area contributed by atoms with Crippen molar-refractivity contribution in [1.29, 1.82) is 0 Å². The number of nitrogens with one attached hydrogen (secondary N) is 1. The number of rotatable bonds is 6. The summed E-state index contributed by atoms with van der Waals surface area (Å²) in [7, 11) is 0. The molecular formula is C27H26N2O2. The minimum absolute atomic E-state index is 0.0330. The minimum Gasteiger partial charge on any atom is -0.494 e. The molecule has 0 bridgehead atoms. The molecule has 156 valence electrons. The summed E-state index contributed by atoms with van der Waals surface area (Å²) >= 11 is 0. The molecule has 1 aromatic heterocycles. The predicted molar refractivity (Wildman–Crippen MR) is 123 cm³/mol. The van der Waals surface area contributed by atoms with Crippen LogP contribution in [0.1, 0.15) is 46.3 Å². The zero-order valence-corrected chi connectivity index (χ0v) is 17.5. The lowest BCUT2D eigenvalue weighted by Crippen LogP contribution is -2.28. The van der Waals surface area contributed by atoms with Crippen LogP contribution in [0.4, 0.5) is 0 Å². The largest absolute Gasteiger partial charge is 0.494 e. The molecule has 2 aliphatic rings. The first-order valence-electron chi connectivity index (χ1n) is 11.0. The van der Waals surface area contributed by atoms with Crippen LogP contribution < -0.4 is 10.1 Å². The van der Waals surface area contributed by atoms with Gasteiger partial charge in [0.2, 0.25) is 0 Å². The third kappa shape index (κ3) is 4.04. The van der Waals surface area contributed by atoms with Crippen molar-refractivity contribution >= 4 is 16.9 Å². The summed E-state index contributed by atoms with van der Waals surface area (Å²) in [6.45, 7) is 2.89. The van der Waals surface area contributed by atoms with Gasteiger partial charge in [-0.2, -0.15) is 0 Å². The molecule has 1 saturated heterocycles. The quantitative estimate of drug-likeness (QED) is 0.621. The molecule has 0 spiro atoms. The van der Waals surface area contributed by atoms with Crippen molar-refractivity contribution in [3.63, 3.8) is 0 Å². The van der Waals surface area contributed by atoms with Crippen LogP contribution in [-0.2, 0) is 0 Å². The highest BCUT2D eigenvalue weighted by atomic mass is 16.5. The Balaban J connectivity index is 1.44. The van der Waals surface area contributed by atoms with Crippen LogP contribution in [0.2, 0.25) is 0 Å². The number of fused-ring (bicyclic) bond motifs is 1. The van der Waals surface area contributed by atoms with E-state index in [1.165, 1.54) is 12.8 Å². The minimum atomic E-state index is 0.0330. The lowest BCUT2D eigenvalue weighted by atomic mass is 9.95. The Morgan fingerprint density at radius 2 is 1.71 bits per heavy atom. The van der Waals surface area contributed by atoms with Crippen molar-refractivity contribution in [2.45, 2.75) is 19.3 Å². The molecule has 2 heterocycles. The molecule has 1 fully saturated rings. The van der Waals surface area contributed by atoms with Gasteiger partial charge in [0.25, 0.3) is 0 Å². The number of benzene rings is 2. The van der Waals surface area contributed by atoms with E-state index in [2.05, 4.69) is 22.4 Å². The fourth-order valence-electron chi connectivity index (χ4n) is 4.61. The van der Waals surface area contributed by atoms with Crippen LogP contribution in [0.15, 0.2) is 73.1 Å². The van der Waals surface area contributed by atoms with Crippen LogP contribution in [0, 0.1) is 5.92 Å². The zero-order valence-electron chi connectivity index (χ0n) is 17.5. The average molecular weight is 411 g/mol. The average Bonchev–Trinajstić information content (AvgIpc) is 3.13. The smallest absolute Gasteiger partial charge is 0.195 e. The first-order chi connectivity index (χ1) is 15.3. The summed E-state index contributed by atoms with van der Waals surface area (Å²) in [5.74, 6) is 1.52. The Morgan fingerprint density at radius 3 is 2.48 bits per heavy atom. The van der Waals surface area contributed by atoms with E-state index in [-0.39, 0.29) is 5.78 Å². The van der Waals surface area contributed by atoms with Crippen molar-refractivity contribution in [3.05, 3.63) is 95.3 Å². The second kappa shape index (κ2) is 8.86. The van der Waals surface area contributed by atoms with Gasteiger partial charge in [0.05, 0.1) is 6.61 Å². The van der Waals surface area contributed by atoms with E-state index in [1.807, 2.05) is 48.5 Å². The van der Waals surface area contributed by atoms with E-state index >= 15 is 0 Å². The number of ketones is 1. The van der Waals surface area contributed by atoms with Crippen molar-refractivity contribution in [2.75, 3.05) is 19.7 Å². The number of hydrogen-bond acceptors (Lipinski definition) is 4. The fourth-order valence-corrected chi connectivity index (χ4v) is 4.61. The standard InChI is InChI=1S/C27H26N2O2/c30-27-24-17-22(31-16-12-19-10-14-28-15-11-19)8-9-23(24)25(20-5-2-1-3-6-20)26(27)21-7-4-13-29-18-21/h1-9,13,17-19,28H,10-12,14-16H2. The van der Waals surface area contributed by atoms with Crippen LogP contribution in [0.3, 0.4) is 0 Å². The van der Waals surface area contributed by atoms with E-state index in [9.17, 15) is 4.79 Å². The van der Waals surface area contributed by atoms with E-state index in [4.69, 9.17) is 4.74 Å². The number of aromatic nitrogens is 1. The Hall–Kier alpha value is -3.24. The predicted octanol–water partition coefficient (Wildman–Crippen LogP) is 5.01. The molecule has 2 aromatic carbocycles. The normalized spacial score (nSPS) is 16.5. The molecule has 5 rings (SSSR count). The second-order valence-electron chi connectivity index (χ2n) is 8.22. The van der Waals surface area contributed by atoms with Gasteiger partial charge in [-0.25, -0.2) is 0 Å². The maximum absolute atomic E-state index is 13.5. The van der Waals surface area contributed by atoms with Gasteiger partial charge in [0, 0.05) is 34.7 Å². The third-order valence-corrected chi connectivity index (χ3v) is 6.25. The number of hydrogen-bond donors (Lipinski definition) is 1. The number of pyridine rings is 1. The molecule has 4 nitrogen and oxygen atoms in total. The van der Waals surface area contributed by atoms with Gasteiger partial charge in [-0.05, 0) is 73.7 Å². The molecule has 1 aliphatic heterocycles. The van der Waals surface area contributed by atoms with Crippen molar-refractivity contribution in [1.82, 2.24) is 10.3 Å². The lowest BCUT2D eigenvalue weighted by molar-refractivity contribution is 0.105. The molecule has 0 saturated carbocycles. The van der Waals surface area contributed by atoms with Gasteiger partial charge in [0.15, 0.2) is 5.78 Å². The summed E-state index contributed by atoms with van der Waals surface area (Å²) in [6.07, 6.45) is 6.97. The number of allylic oxidation sites excluding steroid dienone is 1. The number of carbonyl (C=O) groups is 1. The molecule has 1 aliphatic carbocycles. The van der Waals surface area contributed by atoms with Crippen molar-refractivity contribution in [2.24, 2.45) is 5.92 Å². The van der Waals surface area contributed by atoms with Gasteiger partial charge in [-0.15, -0.1) is 0 Å². The number of Topliss-reactive ketones (excluding diaryl/α,β-unsaturated/α-hetero) is 1. The molecule has 4 heteroatoms. The molecular weight excluding hydrogens is 384 g/mol. The number of piperidine rings is 1. The summed E-state index contributed by atoms with van der Waals surface area (Å²) in [4.78, 5) is 17.7. The summed E-state index contributed by atoms with van der Waals surface area (Å²) in [5, 5.41) is 3.40. The fraction of sp³-hybridized carbons (Fsp3) is 0.259. The highest BCUT2D eigenvalue weighted by molar-refractivity contribution is 6.41. The second-order valence-corrected chi connectivity index (χ2v) is 8.22. The van der Waals surface area contributed by atoms with Crippen molar-refractivity contribution in [3.8, 4) is 5.75 Å². The van der Waals surface area contributed by atoms with E-state index in [0.717, 1.165) is 53.4 Å². The van der Waals surface area contributed by atoms with Crippen LogP contribution >= 0.6 is 0 Å². The van der Waals surface area contributed by atoms with Gasteiger partial charge in [0.1, 0.15) is 5.75 Å². The molecule has 1 N–H and O–H groups in total. The first-order valence-corrected chi connectivity index (χ1v) is 11.0. The monoisotopic (exact) mass is 410 g/mol. The van der Waals surface area contributed by atoms with Crippen LogP contribution in [0.25, 0.3) is 11.1 Å². The zero-order chi connectivity index (χ0) is 21.0. The Bertz CT molecular complexity index is 1100. The molecule has 3 aromatic rings. The van der Waals surface area contributed by atoms with Crippen LogP contribution in [-0.4, -0.2) is 30.5 Å². The maximum atomic E-state index is 13.5. The first kappa shape index (κ1) is 19.7. The molecule has 0 radical (unpaired) electrons. The molecule has 0 amide bonds. The van der Waals surface area contributed by atoms with Crippen molar-refractivity contribution < 1.29 is 9.53 Å². The highest BCUT2D eigenvalue weighted by Gasteiger charge is 2.31. The number of nitrogens with zero attached hydrogens (tertiary/aromatic N) is 1. The third-order valence-electron chi connectivity index (χ3n) is 6.25.